The van der Waals surface area contributed by atoms with Crippen molar-refractivity contribution in [1.82, 2.24) is 5.32 Å². The van der Waals surface area contributed by atoms with Crippen molar-refractivity contribution >= 4 is 0 Å². The summed E-state index contributed by atoms with van der Waals surface area (Å²) >= 11 is 0. The van der Waals surface area contributed by atoms with Crippen molar-refractivity contribution in [1.29, 1.82) is 0 Å². The molecule has 2 nitrogen and oxygen atoms in total. The van der Waals surface area contributed by atoms with Gasteiger partial charge in [-0.1, -0.05) is 39.8 Å². The molecule has 0 amide bonds. The maximum atomic E-state index is 12.1. The van der Waals surface area contributed by atoms with Crippen LogP contribution in [0.2, 0.25) is 0 Å². The van der Waals surface area contributed by atoms with Crippen molar-refractivity contribution in [3.05, 3.63) is 29.8 Å². The average molecular weight is 299 g/mol. The van der Waals surface area contributed by atoms with Crippen LogP contribution in [0.3, 0.4) is 0 Å². The van der Waals surface area contributed by atoms with Crippen LogP contribution in [0.4, 0.5) is 8.78 Å². The highest BCUT2D eigenvalue weighted by atomic mass is 19.3. The van der Waals surface area contributed by atoms with Crippen LogP contribution >= 0.6 is 0 Å². The molecule has 0 bridgehead atoms. The molecule has 0 aromatic heterocycles. The van der Waals surface area contributed by atoms with Crippen molar-refractivity contribution in [3.8, 4) is 5.75 Å². The van der Waals surface area contributed by atoms with Gasteiger partial charge in [0.25, 0.3) is 0 Å². The van der Waals surface area contributed by atoms with Crippen LogP contribution in [0.15, 0.2) is 24.3 Å². The molecule has 1 N–H and O–H groups in total. The van der Waals surface area contributed by atoms with E-state index in [-0.39, 0.29) is 11.8 Å². The molecule has 0 aliphatic heterocycles. The number of ether oxygens (including phenoxy) is 1. The van der Waals surface area contributed by atoms with Gasteiger partial charge in [0.1, 0.15) is 5.75 Å². The minimum atomic E-state index is -2.77. The van der Waals surface area contributed by atoms with E-state index in [1.54, 1.807) is 12.1 Å². The van der Waals surface area contributed by atoms with Gasteiger partial charge in [0.2, 0.25) is 0 Å². The summed E-state index contributed by atoms with van der Waals surface area (Å²) in [5, 5.41) is 3.53. The summed E-state index contributed by atoms with van der Waals surface area (Å²) in [4.78, 5) is 0. The predicted molar refractivity (Wildman–Crippen MR) is 82.7 cm³/mol. The topological polar surface area (TPSA) is 21.3 Å². The summed E-state index contributed by atoms with van der Waals surface area (Å²) in [6, 6.07) is 7.01. The van der Waals surface area contributed by atoms with Crippen molar-refractivity contribution in [3.63, 3.8) is 0 Å². The van der Waals surface area contributed by atoms with Crippen molar-refractivity contribution in [2.24, 2.45) is 17.8 Å². The highest BCUT2D eigenvalue weighted by Gasteiger charge is 2.18. The summed E-state index contributed by atoms with van der Waals surface area (Å²) < 4.78 is 28.6. The molecule has 0 saturated carbocycles. The van der Waals surface area contributed by atoms with Crippen LogP contribution in [0.25, 0.3) is 0 Å². The van der Waals surface area contributed by atoms with E-state index in [0.29, 0.717) is 17.8 Å². The Hall–Kier alpha value is -1.16. The third kappa shape index (κ3) is 6.00. The molecule has 0 saturated heterocycles. The monoisotopic (exact) mass is 299 g/mol. The summed E-state index contributed by atoms with van der Waals surface area (Å²) in [7, 11) is 0. The van der Waals surface area contributed by atoms with Crippen molar-refractivity contribution in [2.75, 3.05) is 6.54 Å². The first-order valence-electron chi connectivity index (χ1n) is 7.59. The van der Waals surface area contributed by atoms with Gasteiger partial charge in [-0.3, -0.25) is 0 Å². The smallest absolute Gasteiger partial charge is 0.387 e. The van der Waals surface area contributed by atoms with Crippen LogP contribution in [-0.2, 0) is 0 Å². The van der Waals surface area contributed by atoms with Crippen molar-refractivity contribution < 1.29 is 13.5 Å². The maximum absolute atomic E-state index is 12.1. The summed E-state index contributed by atoms with van der Waals surface area (Å²) in [5.74, 6) is 2.08. The van der Waals surface area contributed by atoms with E-state index in [9.17, 15) is 8.78 Å². The lowest BCUT2D eigenvalue weighted by Crippen LogP contribution is -2.31. The van der Waals surface area contributed by atoms with Crippen LogP contribution in [0.5, 0.6) is 5.75 Å². The Labute approximate surface area is 126 Å². The fourth-order valence-electron chi connectivity index (χ4n) is 2.61. The quantitative estimate of drug-likeness (QED) is 0.739. The van der Waals surface area contributed by atoms with Crippen LogP contribution in [0, 0.1) is 17.8 Å². The van der Waals surface area contributed by atoms with Crippen molar-refractivity contribution in [2.45, 2.75) is 47.3 Å². The number of halogens is 2. The molecule has 0 aliphatic rings. The third-order valence-electron chi connectivity index (χ3n) is 3.98. The second-order valence-corrected chi connectivity index (χ2v) is 6.23. The van der Waals surface area contributed by atoms with Gasteiger partial charge in [0.05, 0.1) is 0 Å². The molecule has 1 rings (SSSR count). The molecule has 0 radical (unpaired) electrons. The Bertz CT molecular complexity index is 396. The van der Waals surface area contributed by atoms with Gasteiger partial charge in [-0.15, -0.1) is 0 Å². The van der Waals surface area contributed by atoms with Gasteiger partial charge in [0.15, 0.2) is 0 Å². The lowest BCUT2D eigenvalue weighted by Gasteiger charge is -2.27. The number of rotatable bonds is 8. The molecule has 0 heterocycles. The highest BCUT2D eigenvalue weighted by Crippen LogP contribution is 2.22. The Morgan fingerprint density at radius 2 is 1.48 bits per heavy atom. The molecule has 21 heavy (non-hydrogen) atoms. The number of benzene rings is 1. The van der Waals surface area contributed by atoms with Gasteiger partial charge < -0.3 is 10.1 Å². The van der Waals surface area contributed by atoms with E-state index >= 15 is 0 Å². The number of hydrogen-bond donors (Lipinski definition) is 1. The Kier molecular flexibility index (Phi) is 7.09. The third-order valence-corrected chi connectivity index (χ3v) is 3.98. The maximum Gasteiger partial charge on any atom is 0.387 e. The standard InChI is InChI=1S/C17H27F2NO/c1-11(2)16(12(3)4)10-20-13(5)14-6-8-15(9-7-14)21-17(18)19/h6-9,11-13,16-17,20H,10H2,1-5H3. The summed E-state index contributed by atoms with van der Waals surface area (Å²) in [5.41, 5.74) is 1.07. The summed E-state index contributed by atoms with van der Waals surface area (Å²) in [6.07, 6.45) is 0. The normalized spacial score (nSPS) is 13.5. The SMILES string of the molecule is CC(NCC(C(C)C)C(C)C)c1ccc(OC(F)F)cc1. The first-order chi connectivity index (χ1) is 9.81. The molecule has 0 spiro atoms. The van der Waals surface area contributed by atoms with E-state index < -0.39 is 6.61 Å². The first-order valence-corrected chi connectivity index (χ1v) is 7.59. The average Bonchev–Trinajstić information content (AvgIpc) is 2.38. The van der Waals surface area contributed by atoms with Gasteiger partial charge in [0, 0.05) is 6.04 Å². The minimum absolute atomic E-state index is 0.186. The largest absolute Gasteiger partial charge is 0.435 e. The van der Waals surface area contributed by atoms with E-state index in [0.717, 1.165) is 12.1 Å². The molecule has 1 atom stereocenters. The Morgan fingerprint density at radius 1 is 0.952 bits per heavy atom. The van der Waals surface area contributed by atoms with Gasteiger partial charge in [-0.25, -0.2) is 0 Å². The van der Waals surface area contributed by atoms with Crippen LogP contribution in [0.1, 0.15) is 46.2 Å². The lowest BCUT2D eigenvalue weighted by atomic mass is 9.85. The van der Waals surface area contributed by atoms with Gasteiger partial charge in [-0.05, 0) is 48.9 Å². The second kappa shape index (κ2) is 8.32. The molecule has 0 fully saturated rings. The van der Waals surface area contributed by atoms with Crippen LogP contribution in [-0.4, -0.2) is 13.2 Å². The zero-order valence-electron chi connectivity index (χ0n) is 13.6. The van der Waals surface area contributed by atoms with Crippen LogP contribution < -0.4 is 10.1 Å². The molecule has 1 aromatic rings. The number of alkyl halides is 2. The molecular weight excluding hydrogens is 272 g/mol. The molecule has 1 aromatic carbocycles. The zero-order chi connectivity index (χ0) is 16.0. The molecule has 120 valence electrons. The molecular formula is C17H27F2NO. The Balaban J connectivity index is 2.57. The fraction of sp³-hybridized carbons (Fsp3) is 0.647. The van der Waals surface area contributed by atoms with E-state index in [4.69, 9.17) is 0 Å². The molecule has 4 heteroatoms. The minimum Gasteiger partial charge on any atom is -0.435 e. The Morgan fingerprint density at radius 3 is 1.90 bits per heavy atom. The molecule has 1 unspecified atom stereocenters. The summed E-state index contributed by atoms with van der Waals surface area (Å²) in [6.45, 7) is 9.23. The number of nitrogens with one attached hydrogen (secondary N) is 1. The zero-order valence-corrected chi connectivity index (χ0v) is 13.6. The number of hydrogen-bond acceptors (Lipinski definition) is 2. The van der Waals surface area contributed by atoms with Gasteiger partial charge in [-0.2, -0.15) is 8.78 Å². The van der Waals surface area contributed by atoms with E-state index in [1.807, 2.05) is 12.1 Å². The highest BCUT2D eigenvalue weighted by molar-refractivity contribution is 5.28. The second-order valence-electron chi connectivity index (χ2n) is 6.23. The molecule has 0 aliphatic carbocycles. The van der Waals surface area contributed by atoms with Gasteiger partial charge >= 0.3 is 6.61 Å². The van der Waals surface area contributed by atoms with E-state index in [1.165, 1.54) is 0 Å². The predicted octanol–water partition coefficient (Wildman–Crippen LogP) is 4.87. The van der Waals surface area contributed by atoms with E-state index in [2.05, 4.69) is 44.7 Å². The fourth-order valence-corrected chi connectivity index (χ4v) is 2.61. The lowest BCUT2D eigenvalue weighted by molar-refractivity contribution is -0.0498. The first kappa shape index (κ1) is 17.9.